The molecule has 1 fully saturated rings. The molecular formula is C7H15NOS. The summed E-state index contributed by atoms with van der Waals surface area (Å²) >= 11 is 0. The van der Waals surface area contributed by atoms with Crippen LogP contribution in [0.1, 0.15) is 19.8 Å². The molecule has 1 aliphatic rings. The summed E-state index contributed by atoms with van der Waals surface area (Å²) < 4.78 is 5.23. The first-order valence-electron chi connectivity index (χ1n) is 3.68. The summed E-state index contributed by atoms with van der Waals surface area (Å²) in [5.74, 6) is 0. The third-order valence-electron chi connectivity index (χ3n) is 1.83. The lowest BCUT2D eigenvalue weighted by atomic mass is 10.2. The molecule has 1 aliphatic heterocycles. The Hall–Kier alpha value is 0.140. The smallest absolute Gasteiger partial charge is 0.0476 e. The van der Waals surface area contributed by atoms with Gasteiger partial charge in [-0.3, -0.25) is 5.14 Å². The number of nitrogens with two attached hydrogens (primary N) is 1. The largest absolute Gasteiger partial charge is 0.381 e. The molecule has 1 heterocycles. The van der Waals surface area contributed by atoms with Crippen LogP contribution in [0.4, 0.5) is 0 Å². The van der Waals surface area contributed by atoms with Gasteiger partial charge in [0, 0.05) is 18.5 Å². The van der Waals surface area contributed by atoms with Crippen molar-refractivity contribution in [3.8, 4) is 0 Å². The molecule has 2 nitrogen and oxygen atoms in total. The Balaban J connectivity index is 2.39. The second-order valence-electron chi connectivity index (χ2n) is 2.46. The van der Waals surface area contributed by atoms with Gasteiger partial charge >= 0.3 is 0 Å². The summed E-state index contributed by atoms with van der Waals surface area (Å²) in [6.07, 6.45) is 2.29. The van der Waals surface area contributed by atoms with Crippen molar-refractivity contribution < 1.29 is 4.74 Å². The van der Waals surface area contributed by atoms with Crippen LogP contribution in [0.25, 0.3) is 0 Å². The van der Waals surface area contributed by atoms with E-state index in [0.29, 0.717) is 5.25 Å². The Morgan fingerprint density at radius 2 is 2.10 bits per heavy atom. The Morgan fingerprint density at radius 3 is 2.60 bits per heavy atom. The zero-order chi connectivity index (χ0) is 7.40. The van der Waals surface area contributed by atoms with Crippen LogP contribution in [0.2, 0.25) is 0 Å². The van der Waals surface area contributed by atoms with E-state index < -0.39 is 0 Å². The first-order chi connectivity index (χ1) is 4.84. The third kappa shape index (κ3) is 2.08. The molecule has 60 valence electrons. The van der Waals surface area contributed by atoms with Crippen LogP contribution in [-0.2, 0) is 4.74 Å². The SMILES string of the molecule is C/C=S(/N)C1CCOCC1. The lowest BCUT2D eigenvalue weighted by molar-refractivity contribution is 0.0999. The molecule has 1 saturated heterocycles. The molecule has 0 saturated carbocycles. The van der Waals surface area contributed by atoms with Gasteiger partial charge in [0.1, 0.15) is 0 Å². The van der Waals surface area contributed by atoms with Crippen LogP contribution in [-0.4, -0.2) is 23.8 Å². The highest BCUT2D eigenvalue weighted by atomic mass is 32.2. The van der Waals surface area contributed by atoms with Gasteiger partial charge in [0.05, 0.1) is 0 Å². The summed E-state index contributed by atoms with van der Waals surface area (Å²) in [6, 6.07) is 0. The Labute approximate surface area is 64.8 Å². The normalized spacial score (nSPS) is 25.0. The Bertz CT molecular complexity index is 130. The van der Waals surface area contributed by atoms with E-state index in [9.17, 15) is 0 Å². The highest BCUT2D eigenvalue weighted by Crippen LogP contribution is 2.21. The molecule has 10 heavy (non-hydrogen) atoms. The van der Waals surface area contributed by atoms with Crippen molar-refractivity contribution in [3.63, 3.8) is 0 Å². The predicted molar refractivity (Wildman–Crippen MR) is 47.4 cm³/mol. The fourth-order valence-electron chi connectivity index (χ4n) is 1.14. The molecule has 0 aliphatic carbocycles. The van der Waals surface area contributed by atoms with Crippen LogP contribution in [0, 0.1) is 0 Å². The highest BCUT2D eigenvalue weighted by Gasteiger charge is 2.13. The second-order valence-corrected chi connectivity index (χ2v) is 4.41. The van der Waals surface area contributed by atoms with Gasteiger partial charge in [-0.2, -0.15) is 0 Å². The molecule has 0 aromatic rings. The summed E-state index contributed by atoms with van der Waals surface area (Å²) in [4.78, 5) is 0. The molecule has 1 rings (SSSR count). The maximum Gasteiger partial charge on any atom is 0.0476 e. The van der Waals surface area contributed by atoms with Crippen LogP contribution in [0.15, 0.2) is 0 Å². The quantitative estimate of drug-likeness (QED) is 0.585. The highest BCUT2D eigenvalue weighted by molar-refractivity contribution is 8.13. The minimum Gasteiger partial charge on any atom is -0.381 e. The van der Waals surface area contributed by atoms with Gasteiger partial charge in [-0.25, -0.2) is 0 Å². The van der Waals surface area contributed by atoms with E-state index in [1.54, 1.807) is 0 Å². The average molecular weight is 161 g/mol. The minimum atomic E-state index is 0.0316. The molecule has 1 atom stereocenters. The molecule has 0 spiro atoms. The van der Waals surface area contributed by atoms with Crippen LogP contribution < -0.4 is 5.14 Å². The van der Waals surface area contributed by atoms with Crippen molar-refractivity contribution in [2.75, 3.05) is 13.2 Å². The van der Waals surface area contributed by atoms with Crippen molar-refractivity contribution in [1.82, 2.24) is 0 Å². The van der Waals surface area contributed by atoms with Crippen LogP contribution >= 0.6 is 10.7 Å². The van der Waals surface area contributed by atoms with E-state index in [1.165, 1.54) is 0 Å². The summed E-state index contributed by atoms with van der Waals surface area (Å²) in [5, 5.41) is 8.66. The maximum atomic E-state index is 5.86. The van der Waals surface area contributed by atoms with Gasteiger partial charge in [0.2, 0.25) is 0 Å². The fraction of sp³-hybridized carbons (Fsp3) is 0.857. The zero-order valence-corrected chi connectivity index (χ0v) is 7.19. The molecule has 0 amide bonds. The number of rotatable bonds is 1. The number of ether oxygens (including phenoxy) is 1. The van der Waals surface area contributed by atoms with Gasteiger partial charge in [-0.05, 0) is 19.8 Å². The predicted octanol–water partition coefficient (Wildman–Crippen LogP) is 1.13. The van der Waals surface area contributed by atoms with Gasteiger partial charge < -0.3 is 4.74 Å². The molecule has 2 N–H and O–H groups in total. The van der Waals surface area contributed by atoms with E-state index in [-0.39, 0.29) is 10.7 Å². The third-order valence-corrected chi connectivity index (χ3v) is 3.61. The summed E-state index contributed by atoms with van der Waals surface area (Å²) in [6.45, 7) is 3.84. The van der Waals surface area contributed by atoms with E-state index in [1.807, 2.05) is 6.92 Å². The molecule has 0 radical (unpaired) electrons. The minimum absolute atomic E-state index is 0.0316. The molecule has 0 aromatic carbocycles. The standard InChI is InChI=1S/C7H15NOS/c1-2-10(8)7-3-5-9-6-4-7/h2,7H,3-6,8H2,1H3. The van der Waals surface area contributed by atoms with Crippen molar-refractivity contribution >= 4 is 16.0 Å². The van der Waals surface area contributed by atoms with E-state index in [0.717, 1.165) is 26.1 Å². The fourth-order valence-corrected chi connectivity index (χ4v) is 2.26. The van der Waals surface area contributed by atoms with Crippen LogP contribution in [0.3, 0.4) is 0 Å². The van der Waals surface area contributed by atoms with E-state index >= 15 is 0 Å². The molecule has 1 unspecified atom stereocenters. The van der Waals surface area contributed by atoms with Gasteiger partial charge in [-0.15, -0.1) is 10.7 Å². The first kappa shape index (κ1) is 8.24. The summed E-state index contributed by atoms with van der Waals surface area (Å²) in [5.41, 5.74) is 0. The molecule has 3 heteroatoms. The van der Waals surface area contributed by atoms with Crippen molar-refractivity contribution in [2.45, 2.75) is 25.0 Å². The van der Waals surface area contributed by atoms with Gasteiger partial charge in [0.25, 0.3) is 0 Å². The lowest BCUT2D eigenvalue weighted by Crippen LogP contribution is -2.21. The van der Waals surface area contributed by atoms with Crippen molar-refractivity contribution in [1.29, 1.82) is 0 Å². The van der Waals surface area contributed by atoms with Crippen molar-refractivity contribution in [2.24, 2.45) is 5.14 Å². The average Bonchev–Trinajstić information content (AvgIpc) is 2.05. The van der Waals surface area contributed by atoms with E-state index in [2.05, 4.69) is 5.37 Å². The topological polar surface area (TPSA) is 35.2 Å². The van der Waals surface area contributed by atoms with Gasteiger partial charge in [-0.1, -0.05) is 5.37 Å². The number of hydrogen-bond donors (Lipinski definition) is 1. The Morgan fingerprint density at radius 1 is 1.50 bits per heavy atom. The first-order valence-corrected chi connectivity index (χ1v) is 5.09. The van der Waals surface area contributed by atoms with Gasteiger partial charge in [0.15, 0.2) is 0 Å². The van der Waals surface area contributed by atoms with Crippen LogP contribution in [0.5, 0.6) is 0 Å². The lowest BCUT2D eigenvalue weighted by Gasteiger charge is -2.22. The zero-order valence-electron chi connectivity index (χ0n) is 6.38. The molecule has 0 aromatic heterocycles. The molecule has 0 bridgehead atoms. The maximum absolute atomic E-state index is 5.86. The molecular weight excluding hydrogens is 146 g/mol. The second kappa shape index (κ2) is 4.11. The monoisotopic (exact) mass is 161 g/mol. The van der Waals surface area contributed by atoms with E-state index in [4.69, 9.17) is 9.88 Å². The van der Waals surface area contributed by atoms with Crippen molar-refractivity contribution in [3.05, 3.63) is 0 Å². The Kier molecular flexibility index (Phi) is 3.39. The summed E-state index contributed by atoms with van der Waals surface area (Å²) in [7, 11) is 0.0316. The number of hydrogen-bond acceptors (Lipinski definition) is 2.